The maximum absolute atomic E-state index is 10.3. The van der Waals surface area contributed by atoms with Gasteiger partial charge in [0.2, 0.25) is 5.91 Å². The largest absolute Gasteiger partial charge is 0.430 e. The molecule has 0 radical (unpaired) electrons. The van der Waals surface area contributed by atoms with Crippen molar-refractivity contribution < 1.29 is 14.3 Å². The average Bonchev–Trinajstić information content (AvgIpc) is 1.82. The quantitative estimate of drug-likeness (QED) is 0.470. The Labute approximate surface area is 65.2 Å². The van der Waals surface area contributed by atoms with Crippen molar-refractivity contribution in [2.24, 2.45) is 0 Å². The lowest BCUT2D eigenvalue weighted by Crippen LogP contribution is -2.13. The van der Waals surface area contributed by atoms with Crippen LogP contribution < -0.4 is 5.32 Å². The first-order chi connectivity index (χ1) is 5.02. The minimum atomic E-state index is -0.399. The number of allylic oxidation sites excluding steroid dienone is 1. The summed E-state index contributed by atoms with van der Waals surface area (Å²) in [5, 5.41) is 2.37. The van der Waals surface area contributed by atoms with Crippen LogP contribution in [-0.4, -0.2) is 11.9 Å². The highest BCUT2D eigenvalue weighted by Crippen LogP contribution is 1.92. The Kier molecular flexibility index (Phi) is 3.95. The minimum Gasteiger partial charge on any atom is -0.430 e. The van der Waals surface area contributed by atoms with E-state index in [1.165, 1.54) is 20.0 Å². The Hall–Kier alpha value is -1.32. The zero-order valence-electron chi connectivity index (χ0n) is 6.80. The van der Waals surface area contributed by atoms with Crippen molar-refractivity contribution >= 4 is 11.9 Å². The molecule has 0 atom stereocenters. The lowest BCUT2D eigenvalue weighted by atomic mass is 10.6. The Balaban J connectivity index is 3.81. The van der Waals surface area contributed by atoms with Crippen LogP contribution in [0.25, 0.3) is 0 Å². The van der Waals surface area contributed by atoms with Crippen LogP contribution in [0.5, 0.6) is 0 Å². The molecule has 0 rings (SSSR count). The summed E-state index contributed by atoms with van der Waals surface area (Å²) < 4.78 is 4.61. The van der Waals surface area contributed by atoms with E-state index in [9.17, 15) is 9.59 Å². The van der Waals surface area contributed by atoms with Crippen LogP contribution >= 0.6 is 0 Å². The molecule has 1 amide bonds. The van der Waals surface area contributed by atoms with E-state index in [1.807, 2.05) is 0 Å². The second kappa shape index (κ2) is 4.49. The maximum atomic E-state index is 10.3. The van der Waals surface area contributed by atoms with Crippen LogP contribution in [0.2, 0.25) is 0 Å². The fraction of sp³-hybridized carbons (Fsp3) is 0.429. The van der Waals surface area contributed by atoms with Gasteiger partial charge in [-0.15, -0.1) is 0 Å². The molecule has 0 saturated heterocycles. The Morgan fingerprint density at radius 3 is 2.18 bits per heavy atom. The number of hydrogen-bond acceptors (Lipinski definition) is 3. The first-order valence-corrected chi connectivity index (χ1v) is 3.14. The normalized spacial score (nSPS) is 10.6. The lowest BCUT2D eigenvalue weighted by Gasteiger charge is -1.99. The third-order valence-electron chi connectivity index (χ3n) is 0.783. The molecule has 0 heterocycles. The topological polar surface area (TPSA) is 55.4 Å². The Bertz CT molecular complexity index is 196. The summed E-state index contributed by atoms with van der Waals surface area (Å²) in [6.45, 7) is 4.25. The predicted molar refractivity (Wildman–Crippen MR) is 39.3 cm³/mol. The van der Waals surface area contributed by atoms with Crippen LogP contribution in [0.4, 0.5) is 0 Å². The summed E-state index contributed by atoms with van der Waals surface area (Å²) in [5.74, 6) is -0.228. The SMILES string of the molecule is CC(=O)N/C=C(/C)OC(C)=O. The molecule has 0 unspecified atom stereocenters. The van der Waals surface area contributed by atoms with Crippen LogP contribution in [0.3, 0.4) is 0 Å². The highest BCUT2D eigenvalue weighted by Gasteiger charge is 1.94. The number of hydrogen-bond donors (Lipinski definition) is 1. The summed E-state index contributed by atoms with van der Waals surface area (Å²) in [4.78, 5) is 20.7. The minimum absolute atomic E-state index is 0.198. The molecule has 0 fully saturated rings. The van der Waals surface area contributed by atoms with Gasteiger partial charge < -0.3 is 10.1 Å². The Morgan fingerprint density at radius 2 is 1.82 bits per heavy atom. The smallest absolute Gasteiger partial charge is 0.307 e. The molecule has 62 valence electrons. The van der Waals surface area contributed by atoms with E-state index in [0.717, 1.165) is 0 Å². The van der Waals surface area contributed by atoms with Gasteiger partial charge in [0.1, 0.15) is 5.76 Å². The molecule has 0 saturated carbocycles. The molecular weight excluding hydrogens is 146 g/mol. The molecule has 0 aliphatic carbocycles. The van der Waals surface area contributed by atoms with E-state index in [2.05, 4.69) is 10.1 Å². The van der Waals surface area contributed by atoms with Gasteiger partial charge in [0.05, 0.1) is 0 Å². The Morgan fingerprint density at radius 1 is 1.27 bits per heavy atom. The first-order valence-electron chi connectivity index (χ1n) is 3.14. The highest BCUT2D eigenvalue weighted by atomic mass is 16.5. The molecule has 4 heteroatoms. The summed E-state index contributed by atoms with van der Waals surface area (Å²) in [6, 6.07) is 0. The van der Waals surface area contributed by atoms with Gasteiger partial charge in [0, 0.05) is 20.0 Å². The number of carbonyl (C=O) groups is 2. The predicted octanol–water partition coefficient (Wildman–Crippen LogP) is 0.547. The molecular formula is C7H11NO3. The summed E-state index contributed by atoms with van der Waals surface area (Å²) >= 11 is 0. The van der Waals surface area contributed by atoms with Crippen molar-refractivity contribution in [3.63, 3.8) is 0 Å². The van der Waals surface area contributed by atoms with Crippen molar-refractivity contribution in [3.8, 4) is 0 Å². The number of esters is 1. The molecule has 0 aromatic rings. The number of rotatable bonds is 2. The van der Waals surface area contributed by atoms with Crippen molar-refractivity contribution in [1.82, 2.24) is 5.32 Å². The molecule has 0 aliphatic rings. The summed E-state index contributed by atoms with van der Waals surface area (Å²) in [5.41, 5.74) is 0. The van der Waals surface area contributed by atoms with Gasteiger partial charge in [-0.2, -0.15) is 0 Å². The summed E-state index contributed by atoms with van der Waals surface area (Å²) in [6.07, 6.45) is 1.34. The van der Waals surface area contributed by atoms with Gasteiger partial charge in [-0.05, 0) is 6.92 Å². The number of carbonyl (C=O) groups excluding carboxylic acids is 2. The molecule has 1 N–H and O–H groups in total. The molecule has 0 aromatic heterocycles. The standard InChI is InChI=1S/C7H11NO3/c1-5(11-7(3)10)4-8-6(2)9/h4H,1-3H3,(H,8,9)/b5-4-. The molecule has 0 bridgehead atoms. The van der Waals surface area contributed by atoms with Crippen LogP contribution in [0.1, 0.15) is 20.8 Å². The molecule has 0 aromatic carbocycles. The summed E-state index contributed by atoms with van der Waals surface area (Å²) in [7, 11) is 0. The number of nitrogens with one attached hydrogen (secondary N) is 1. The molecule has 4 nitrogen and oxygen atoms in total. The zero-order valence-corrected chi connectivity index (χ0v) is 6.80. The average molecular weight is 157 g/mol. The van der Waals surface area contributed by atoms with Crippen molar-refractivity contribution in [3.05, 3.63) is 12.0 Å². The highest BCUT2D eigenvalue weighted by molar-refractivity contribution is 5.74. The maximum Gasteiger partial charge on any atom is 0.307 e. The second-order valence-electron chi connectivity index (χ2n) is 2.05. The lowest BCUT2D eigenvalue weighted by molar-refractivity contribution is -0.137. The van der Waals surface area contributed by atoms with Crippen molar-refractivity contribution in [2.75, 3.05) is 0 Å². The van der Waals surface area contributed by atoms with Gasteiger partial charge in [0.25, 0.3) is 0 Å². The first kappa shape index (κ1) is 9.68. The van der Waals surface area contributed by atoms with E-state index < -0.39 is 5.97 Å². The van der Waals surface area contributed by atoms with E-state index in [0.29, 0.717) is 5.76 Å². The molecule has 11 heavy (non-hydrogen) atoms. The fourth-order valence-electron chi connectivity index (χ4n) is 0.459. The van der Waals surface area contributed by atoms with E-state index in [-0.39, 0.29) is 5.91 Å². The van der Waals surface area contributed by atoms with Gasteiger partial charge in [-0.3, -0.25) is 9.59 Å². The van der Waals surface area contributed by atoms with Gasteiger partial charge in [-0.25, -0.2) is 0 Å². The molecule has 0 aliphatic heterocycles. The monoisotopic (exact) mass is 157 g/mol. The van der Waals surface area contributed by atoms with Gasteiger partial charge in [0.15, 0.2) is 0 Å². The van der Waals surface area contributed by atoms with Gasteiger partial charge in [-0.1, -0.05) is 0 Å². The van der Waals surface area contributed by atoms with Crippen molar-refractivity contribution in [2.45, 2.75) is 20.8 Å². The third-order valence-corrected chi connectivity index (χ3v) is 0.783. The van der Waals surface area contributed by atoms with Crippen molar-refractivity contribution in [1.29, 1.82) is 0 Å². The van der Waals surface area contributed by atoms with Crippen LogP contribution in [-0.2, 0) is 14.3 Å². The van der Waals surface area contributed by atoms with Crippen LogP contribution in [0.15, 0.2) is 12.0 Å². The van der Waals surface area contributed by atoms with E-state index >= 15 is 0 Å². The van der Waals surface area contributed by atoms with Crippen LogP contribution in [0, 0.1) is 0 Å². The van der Waals surface area contributed by atoms with E-state index in [1.54, 1.807) is 6.92 Å². The number of ether oxygens (including phenoxy) is 1. The second-order valence-corrected chi connectivity index (χ2v) is 2.05. The van der Waals surface area contributed by atoms with Gasteiger partial charge >= 0.3 is 5.97 Å². The zero-order chi connectivity index (χ0) is 8.85. The molecule has 0 spiro atoms. The van der Waals surface area contributed by atoms with E-state index in [4.69, 9.17) is 0 Å². The third kappa shape index (κ3) is 6.57. The number of amides is 1. The fourth-order valence-corrected chi connectivity index (χ4v) is 0.459.